The quantitative estimate of drug-likeness (QED) is 0.165. The van der Waals surface area contributed by atoms with Gasteiger partial charge in [-0.05, 0) is 145 Å². The smallest absolute Gasteiger partial charge is 0.293 e. The van der Waals surface area contributed by atoms with Gasteiger partial charge in [-0.3, -0.25) is 0 Å². The zero-order chi connectivity index (χ0) is 43.7. The highest BCUT2D eigenvalue weighted by Gasteiger charge is 2.47. The lowest BCUT2D eigenvalue weighted by Gasteiger charge is -2.43. The van der Waals surface area contributed by atoms with Crippen molar-refractivity contribution in [1.29, 1.82) is 0 Å². The molecule has 3 aliphatic rings. The summed E-state index contributed by atoms with van der Waals surface area (Å²) in [5.41, 5.74) is 20.6. The summed E-state index contributed by atoms with van der Waals surface area (Å²) in [5, 5.41) is 1.01. The molecule has 0 bridgehead atoms. The third-order valence-electron chi connectivity index (χ3n) is 14.4. The second kappa shape index (κ2) is 13.9. The van der Waals surface area contributed by atoms with E-state index in [1.165, 1.54) is 66.6 Å². The molecule has 62 heavy (non-hydrogen) atoms. The van der Waals surface area contributed by atoms with Crippen molar-refractivity contribution >= 4 is 63.0 Å². The molecule has 10 rings (SSSR count). The summed E-state index contributed by atoms with van der Waals surface area (Å²) in [6.07, 6.45) is 5.45. The first-order valence-corrected chi connectivity index (χ1v) is 22.6. The highest BCUT2D eigenvalue weighted by atomic mass is 19.1. The van der Waals surface area contributed by atoms with E-state index in [9.17, 15) is 0 Å². The third-order valence-corrected chi connectivity index (χ3v) is 14.4. The average molecular weight is 816 g/mol. The Hall–Kier alpha value is -5.61. The number of hydrogen-bond acceptors (Lipinski definition) is 2. The number of nitrogens with zero attached hydrogens (tertiary/aromatic N) is 1. The van der Waals surface area contributed by atoms with E-state index in [2.05, 4.69) is 178 Å². The highest BCUT2D eigenvalue weighted by molar-refractivity contribution is 6.98. The standard InChI is InChI=1S/C58H59BFNO/c1-35-27-39-30-38(29-37-21-22-40(55(2,3)4)31-42(37)36-17-13-12-14-18-36)43-33-45-46(58(10,11)26-25-57(45,8)9)34-47(43)59-52(39)50(28-35)61(49-20-16-15-19-48(49)60)53-44-32-41(56(5,6)7)23-24-51(44)62-54(53)59/h12-24,27-29,31-34H,25-26,30H2,1-11H3/b38-29-. The van der Waals surface area contributed by atoms with Crippen LogP contribution in [0.15, 0.2) is 120 Å². The van der Waals surface area contributed by atoms with Gasteiger partial charge in [-0.1, -0.05) is 166 Å². The minimum absolute atomic E-state index is 0.00104. The van der Waals surface area contributed by atoms with E-state index < -0.39 is 0 Å². The van der Waals surface area contributed by atoms with Gasteiger partial charge in [-0.25, -0.2) is 4.39 Å². The minimum Gasteiger partial charge on any atom is -0.468 e. The number of para-hydroxylation sites is 1. The zero-order valence-corrected chi connectivity index (χ0v) is 38.5. The number of anilines is 3. The Morgan fingerprint density at radius 1 is 0.677 bits per heavy atom. The van der Waals surface area contributed by atoms with Gasteiger partial charge >= 0.3 is 0 Å². The van der Waals surface area contributed by atoms with Crippen molar-refractivity contribution < 1.29 is 8.81 Å². The van der Waals surface area contributed by atoms with Crippen LogP contribution in [0, 0.1) is 12.7 Å². The molecule has 0 fully saturated rings. The molecule has 312 valence electrons. The Balaban J connectivity index is 1.34. The zero-order valence-electron chi connectivity index (χ0n) is 38.5. The monoisotopic (exact) mass is 815 g/mol. The van der Waals surface area contributed by atoms with Crippen molar-refractivity contribution in [3.05, 3.63) is 166 Å². The molecule has 2 nitrogen and oxygen atoms in total. The molecule has 6 aromatic carbocycles. The van der Waals surface area contributed by atoms with Crippen LogP contribution >= 0.6 is 0 Å². The van der Waals surface area contributed by atoms with Crippen LogP contribution in [-0.4, -0.2) is 6.71 Å². The van der Waals surface area contributed by atoms with E-state index >= 15 is 4.39 Å². The van der Waals surface area contributed by atoms with E-state index in [-0.39, 0.29) is 34.2 Å². The normalized spacial score (nSPS) is 17.1. The number of aryl methyl sites for hydroxylation is 1. The molecule has 0 unspecified atom stereocenters. The summed E-state index contributed by atoms with van der Waals surface area (Å²) >= 11 is 0. The average Bonchev–Trinajstić information content (AvgIpc) is 3.53. The van der Waals surface area contributed by atoms with Gasteiger partial charge < -0.3 is 9.32 Å². The number of allylic oxidation sites excluding steroid dienone is 1. The molecule has 0 saturated heterocycles. The van der Waals surface area contributed by atoms with E-state index in [4.69, 9.17) is 4.42 Å². The fraction of sp³-hybridized carbons (Fsp3) is 0.310. The van der Waals surface area contributed by atoms with Gasteiger partial charge in [0.15, 0.2) is 0 Å². The van der Waals surface area contributed by atoms with Crippen LogP contribution in [0.25, 0.3) is 33.7 Å². The van der Waals surface area contributed by atoms with Gasteiger partial charge in [-0.2, -0.15) is 0 Å². The maximum Gasteiger partial charge on any atom is 0.293 e. The van der Waals surface area contributed by atoms with Crippen LogP contribution in [0.1, 0.15) is 127 Å². The summed E-state index contributed by atoms with van der Waals surface area (Å²) in [5.74, 6) is -0.256. The molecule has 2 aliphatic heterocycles. The molecule has 4 heteroatoms. The van der Waals surface area contributed by atoms with Crippen LogP contribution in [0.3, 0.4) is 0 Å². The molecule has 3 heterocycles. The van der Waals surface area contributed by atoms with Crippen LogP contribution in [0.2, 0.25) is 0 Å². The molecule has 0 radical (unpaired) electrons. The number of rotatable bonds is 3. The van der Waals surface area contributed by atoms with Gasteiger partial charge in [0.2, 0.25) is 0 Å². The van der Waals surface area contributed by atoms with Gasteiger partial charge in [0.25, 0.3) is 6.71 Å². The van der Waals surface area contributed by atoms with Crippen molar-refractivity contribution in [3.8, 4) is 11.1 Å². The topological polar surface area (TPSA) is 16.4 Å². The summed E-state index contributed by atoms with van der Waals surface area (Å²) in [6.45, 7) is 25.3. The Morgan fingerprint density at radius 2 is 1.32 bits per heavy atom. The molecule has 0 spiro atoms. The fourth-order valence-corrected chi connectivity index (χ4v) is 10.7. The molecule has 1 aromatic heterocycles. The summed E-state index contributed by atoms with van der Waals surface area (Å²) in [6, 6.07) is 41.6. The van der Waals surface area contributed by atoms with Gasteiger partial charge in [0, 0.05) is 11.1 Å². The van der Waals surface area contributed by atoms with Crippen LogP contribution in [0.4, 0.5) is 21.5 Å². The van der Waals surface area contributed by atoms with Crippen molar-refractivity contribution in [2.45, 2.75) is 117 Å². The number of furan rings is 1. The summed E-state index contributed by atoms with van der Waals surface area (Å²) in [4.78, 5) is 2.18. The molecular weight excluding hydrogens is 756 g/mol. The number of benzene rings is 6. The SMILES string of the molecule is Cc1cc2c3c(c1)N(c1ccccc1F)c1c(oc4ccc(C(C)(C)C)cc14)B3c1cc3c(cc1/C(=C\c1ccc(C(C)(C)C)cc1-c1ccccc1)C2)C(C)(C)CCC3(C)C. The van der Waals surface area contributed by atoms with Crippen molar-refractivity contribution in [2.75, 3.05) is 4.90 Å². The Kier molecular flexibility index (Phi) is 9.10. The Labute approximate surface area is 369 Å². The minimum atomic E-state index is -0.256. The lowest BCUT2D eigenvalue weighted by molar-refractivity contribution is 0.332. The molecule has 7 aromatic rings. The molecule has 0 saturated carbocycles. The van der Waals surface area contributed by atoms with E-state index in [1.807, 2.05) is 12.1 Å². The summed E-state index contributed by atoms with van der Waals surface area (Å²) < 4.78 is 23.8. The first-order chi connectivity index (χ1) is 29.3. The van der Waals surface area contributed by atoms with E-state index in [1.54, 1.807) is 12.1 Å². The van der Waals surface area contributed by atoms with Crippen molar-refractivity contribution in [1.82, 2.24) is 0 Å². The van der Waals surface area contributed by atoms with E-state index in [0.29, 0.717) is 5.69 Å². The predicted octanol–water partition coefficient (Wildman–Crippen LogP) is 13.9. The molecular formula is C58H59BFNO. The Morgan fingerprint density at radius 3 is 2.02 bits per heavy atom. The lowest BCUT2D eigenvalue weighted by atomic mass is 9.36. The molecule has 0 amide bonds. The van der Waals surface area contributed by atoms with Gasteiger partial charge in [0.1, 0.15) is 11.4 Å². The summed E-state index contributed by atoms with van der Waals surface area (Å²) in [7, 11) is 0. The number of halogens is 1. The third kappa shape index (κ3) is 6.51. The van der Waals surface area contributed by atoms with Crippen LogP contribution in [-0.2, 0) is 28.1 Å². The maximum absolute atomic E-state index is 16.5. The van der Waals surface area contributed by atoms with Gasteiger partial charge in [0.05, 0.1) is 17.0 Å². The van der Waals surface area contributed by atoms with Crippen molar-refractivity contribution in [2.24, 2.45) is 0 Å². The predicted molar refractivity (Wildman–Crippen MR) is 263 cm³/mol. The highest BCUT2D eigenvalue weighted by Crippen LogP contribution is 2.49. The molecule has 0 atom stereocenters. The second-order valence-electron chi connectivity index (χ2n) is 21.9. The number of fused-ring (bicyclic) bond motifs is 7. The second-order valence-corrected chi connectivity index (χ2v) is 21.9. The first-order valence-electron chi connectivity index (χ1n) is 22.6. The lowest BCUT2D eigenvalue weighted by Crippen LogP contribution is -2.58. The van der Waals surface area contributed by atoms with Crippen LogP contribution in [0.5, 0.6) is 0 Å². The molecule has 0 N–H and O–H groups in total. The first kappa shape index (κ1) is 40.5. The fourth-order valence-electron chi connectivity index (χ4n) is 10.7. The van der Waals surface area contributed by atoms with Crippen LogP contribution < -0.4 is 21.5 Å². The number of hydrogen-bond donors (Lipinski definition) is 0. The van der Waals surface area contributed by atoms with Crippen molar-refractivity contribution in [3.63, 3.8) is 0 Å². The van der Waals surface area contributed by atoms with E-state index in [0.717, 1.165) is 52.8 Å². The van der Waals surface area contributed by atoms with Gasteiger partial charge in [-0.15, -0.1) is 0 Å². The largest absolute Gasteiger partial charge is 0.468 e. The molecule has 1 aliphatic carbocycles. The maximum atomic E-state index is 16.5. The Bertz CT molecular complexity index is 2990.